The third-order valence-corrected chi connectivity index (χ3v) is 4.10. The van der Waals surface area contributed by atoms with Crippen LogP contribution in [0.4, 0.5) is 0 Å². The first kappa shape index (κ1) is 15.4. The molecule has 1 aromatic rings. The number of carbonyl (C=O) groups is 1. The number of carbonyl (C=O) groups excluding carboxylic acids is 1. The van der Waals surface area contributed by atoms with Gasteiger partial charge in [0.25, 0.3) is 0 Å². The fourth-order valence-corrected chi connectivity index (χ4v) is 3.26. The molecule has 0 spiro atoms. The smallest absolute Gasteiger partial charge is 0.341 e. The molecule has 0 saturated heterocycles. The van der Waals surface area contributed by atoms with Crippen molar-refractivity contribution in [2.24, 2.45) is 0 Å². The van der Waals surface area contributed by atoms with Crippen LogP contribution in [0, 0.1) is 0 Å². The summed E-state index contributed by atoms with van der Waals surface area (Å²) in [6.07, 6.45) is 4.36. The molecule has 0 radical (unpaired) electrons. The number of fused-ring (bicyclic) bond motifs is 1. The summed E-state index contributed by atoms with van der Waals surface area (Å²) >= 11 is 3.59. The van der Waals surface area contributed by atoms with Crippen molar-refractivity contribution in [1.29, 1.82) is 0 Å². The number of halogens is 1. The lowest BCUT2D eigenvalue weighted by Gasteiger charge is -2.24. The van der Waals surface area contributed by atoms with E-state index in [4.69, 9.17) is 9.47 Å². The Morgan fingerprint density at radius 2 is 1.95 bits per heavy atom. The second kappa shape index (κ2) is 6.61. The van der Waals surface area contributed by atoms with Gasteiger partial charge in [-0.25, -0.2) is 4.79 Å². The Kier molecular flexibility index (Phi) is 5.08. The van der Waals surface area contributed by atoms with Gasteiger partial charge in [-0.05, 0) is 63.6 Å². The highest BCUT2D eigenvalue weighted by Crippen LogP contribution is 2.38. The van der Waals surface area contributed by atoms with Gasteiger partial charge in [0.15, 0.2) is 0 Å². The van der Waals surface area contributed by atoms with E-state index in [1.165, 1.54) is 17.5 Å². The Morgan fingerprint density at radius 3 is 2.55 bits per heavy atom. The first-order valence-corrected chi connectivity index (χ1v) is 8.01. The predicted octanol–water partition coefficient (Wildman–Crippen LogP) is 4.29. The van der Waals surface area contributed by atoms with E-state index < -0.39 is 0 Å². The average Bonchev–Trinajstić information content (AvgIpc) is 2.41. The summed E-state index contributed by atoms with van der Waals surface area (Å²) in [5.41, 5.74) is 2.98. The zero-order chi connectivity index (χ0) is 14.7. The topological polar surface area (TPSA) is 35.5 Å². The number of esters is 1. The highest BCUT2D eigenvalue weighted by atomic mass is 79.9. The summed E-state index contributed by atoms with van der Waals surface area (Å²) < 4.78 is 12.1. The predicted molar refractivity (Wildman–Crippen MR) is 82.5 cm³/mol. The summed E-state index contributed by atoms with van der Waals surface area (Å²) in [7, 11) is 0. The fraction of sp³-hybridized carbons (Fsp3) is 0.562. The van der Waals surface area contributed by atoms with Crippen molar-refractivity contribution in [2.75, 3.05) is 6.61 Å². The van der Waals surface area contributed by atoms with E-state index in [2.05, 4.69) is 15.9 Å². The van der Waals surface area contributed by atoms with E-state index in [1.54, 1.807) is 0 Å². The maximum Gasteiger partial charge on any atom is 0.341 e. The van der Waals surface area contributed by atoms with Crippen LogP contribution >= 0.6 is 15.9 Å². The summed E-state index contributed by atoms with van der Waals surface area (Å²) in [6.45, 7) is 6.14. The number of rotatable bonds is 4. The molecule has 0 amide bonds. The van der Waals surface area contributed by atoms with E-state index in [9.17, 15) is 4.79 Å². The monoisotopic (exact) mass is 340 g/mol. The summed E-state index contributed by atoms with van der Waals surface area (Å²) in [5.74, 6) is 0.411. The molecule has 0 atom stereocenters. The second-order valence-corrected chi connectivity index (χ2v) is 6.14. The Labute approximate surface area is 128 Å². The molecular formula is C16H21BrO3. The minimum atomic E-state index is -0.308. The zero-order valence-corrected chi connectivity index (χ0v) is 13.9. The SMILES string of the molecule is CCOC(=O)c1cc(Br)c2c(c1OC(C)C)CCCC2. The van der Waals surface area contributed by atoms with E-state index in [0.29, 0.717) is 12.2 Å². The molecule has 0 fully saturated rings. The Hall–Kier alpha value is -1.03. The second-order valence-electron chi connectivity index (χ2n) is 5.29. The minimum Gasteiger partial charge on any atom is -0.490 e. The molecule has 3 nitrogen and oxygen atoms in total. The standard InChI is InChI=1S/C16H21BrO3/c1-4-19-16(18)13-9-14(17)11-7-5-6-8-12(11)15(13)20-10(2)3/h9-10H,4-8H2,1-3H3. The molecule has 0 aliphatic heterocycles. The van der Waals surface area contributed by atoms with Crippen LogP contribution in [0.3, 0.4) is 0 Å². The van der Waals surface area contributed by atoms with Crippen molar-refractivity contribution in [2.45, 2.75) is 52.6 Å². The van der Waals surface area contributed by atoms with Crippen LogP contribution in [-0.2, 0) is 17.6 Å². The van der Waals surface area contributed by atoms with Crippen LogP contribution in [0.15, 0.2) is 10.5 Å². The van der Waals surface area contributed by atoms with Gasteiger partial charge in [0, 0.05) is 4.47 Å². The molecular weight excluding hydrogens is 320 g/mol. The maximum atomic E-state index is 12.2. The highest BCUT2D eigenvalue weighted by Gasteiger charge is 2.25. The number of benzene rings is 1. The lowest BCUT2D eigenvalue weighted by atomic mass is 9.89. The lowest BCUT2D eigenvalue weighted by molar-refractivity contribution is 0.0519. The van der Waals surface area contributed by atoms with Crippen LogP contribution in [0.25, 0.3) is 0 Å². The van der Waals surface area contributed by atoms with Crippen molar-refractivity contribution in [1.82, 2.24) is 0 Å². The van der Waals surface area contributed by atoms with Gasteiger partial charge in [-0.3, -0.25) is 0 Å². The van der Waals surface area contributed by atoms with Gasteiger partial charge < -0.3 is 9.47 Å². The molecule has 2 rings (SSSR count). The molecule has 0 N–H and O–H groups in total. The minimum absolute atomic E-state index is 0.0374. The Bertz CT molecular complexity index is 509. The zero-order valence-electron chi connectivity index (χ0n) is 12.3. The molecule has 0 unspecified atom stereocenters. The first-order chi connectivity index (χ1) is 9.54. The normalized spacial score (nSPS) is 14.1. The van der Waals surface area contributed by atoms with Gasteiger partial charge in [-0.1, -0.05) is 15.9 Å². The van der Waals surface area contributed by atoms with Crippen LogP contribution in [0.2, 0.25) is 0 Å². The molecule has 0 heterocycles. The summed E-state index contributed by atoms with van der Waals surface area (Å²) in [6, 6.07) is 1.85. The van der Waals surface area contributed by atoms with Crippen molar-refractivity contribution >= 4 is 21.9 Å². The van der Waals surface area contributed by atoms with Crippen molar-refractivity contribution in [3.8, 4) is 5.75 Å². The van der Waals surface area contributed by atoms with Gasteiger partial charge in [0.2, 0.25) is 0 Å². The maximum absolute atomic E-state index is 12.2. The van der Waals surface area contributed by atoms with E-state index in [0.717, 1.165) is 29.5 Å². The van der Waals surface area contributed by atoms with E-state index >= 15 is 0 Å². The quantitative estimate of drug-likeness (QED) is 0.767. The van der Waals surface area contributed by atoms with Crippen LogP contribution in [-0.4, -0.2) is 18.7 Å². The molecule has 0 aromatic heterocycles. The molecule has 110 valence electrons. The third kappa shape index (κ3) is 3.17. The van der Waals surface area contributed by atoms with E-state index in [-0.39, 0.29) is 12.1 Å². The van der Waals surface area contributed by atoms with Crippen molar-refractivity contribution in [3.05, 3.63) is 27.2 Å². The molecule has 0 saturated carbocycles. The highest BCUT2D eigenvalue weighted by molar-refractivity contribution is 9.10. The number of hydrogen-bond acceptors (Lipinski definition) is 3. The first-order valence-electron chi connectivity index (χ1n) is 7.22. The van der Waals surface area contributed by atoms with Gasteiger partial charge >= 0.3 is 5.97 Å². The van der Waals surface area contributed by atoms with Crippen LogP contribution < -0.4 is 4.74 Å². The third-order valence-electron chi connectivity index (χ3n) is 3.39. The fourth-order valence-electron chi connectivity index (χ4n) is 2.59. The Morgan fingerprint density at radius 1 is 1.30 bits per heavy atom. The van der Waals surface area contributed by atoms with Gasteiger partial charge in [0.1, 0.15) is 11.3 Å². The molecule has 1 aliphatic rings. The largest absolute Gasteiger partial charge is 0.490 e. The van der Waals surface area contributed by atoms with Crippen molar-refractivity contribution < 1.29 is 14.3 Å². The van der Waals surface area contributed by atoms with Gasteiger partial charge in [0.05, 0.1) is 12.7 Å². The molecule has 0 bridgehead atoms. The summed E-state index contributed by atoms with van der Waals surface area (Å²) in [4.78, 5) is 12.2. The molecule has 20 heavy (non-hydrogen) atoms. The van der Waals surface area contributed by atoms with Crippen LogP contribution in [0.1, 0.15) is 55.1 Å². The molecule has 1 aromatic carbocycles. The molecule has 1 aliphatic carbocycles. The number of hydrogen-bond donors (Lipinski definition) is 0. The van der Waals surface area contributed by atoms with Gasteiger partial charge in [-0.2, -0.15) is 0 Å². The van der Waals surface area contributed by atoms with E-state index in [1.807, 2.05) is 26.8 Å². The molecule has 4 heteroatoms. The summed E-state index contributed by atoms with van der Waals surface area (Å²) in [5, 5.41) is 0. The van der Waals surface area contributed by atoms with Gasteiger partial charge in [-0.15, -0.1) is 0 Å². The Balaban J connectivity index is 2.54. The average molecular weight is 341 g/mol. The van der Waals surface area contributed by atoms with Crippen molar-refractivity contribution in [3.63, 3.8) is 0 Å². The van der Waals surface area contributed by atoms with Crippen LogP contribution in [0.5, 0.6) is 5.75 Å². The number of ether oxygens (including phenoxy) is 2. The lowest BCUT2D eigenvalue weighted by Crippen LogP contribution is -2.17.